The van der Waals surface area contributed by atoms with E-state index in [9.17, 15) is 4.39 Å². The molecule has 0 fully saturated rings. The van der Waals surface area contributed by atoms with Gasteiger partial charge in [0, 0.05) is 18.1 Å². The highest BCUT2D eigenvalue weighted by Gasteiger charge is 2.01. The molecule has 0 radical (unpaired) electrons. The number of halogens is 2. The number of hydrogen-bond donors (Lipinski definition) is 1. The average molecular weight is 230 g/mol. The molecule has 0 aromatic heterocycles. The molecule has 1 rings (SSSR count). The van der Waals surface area contributed by atoms with E-state index >= 15 is 0 Å². The third-order valence-electron chi connectivity index (χ3n) is 1.82. The number of nitrogens with two attached hydrogens (primary N) is 1. The van der Waals surface area contributed by atoms with Gasteiger partial charge in [0.25, 0.3) is 0 Å². The van der Waals surface area contributed by atoms with Gasteiger partial charge in [-0.15, -0.1) is 0 Å². The van der Waals surface area contributed by atoms with Crippen molar-refractivity contribution in [2.75, 3.05) is 6.61 Å². The predicted molar refractivity (Wildman–Crippen MR) is 59.4 cm³/mol. The van der Waals surface area contributed by atoms with Crippen LogP contribution in [0.15, 0.2) is 29.3 Å². The molecule has 0 saturated carbocycles. The molecule has 0 aliphatic rings. The maximum atomic E-state index is 13.0. The highest BCUT2D eigenvalue weighted by atomic mass is 35.5. The van der Waals surface area contributed by atoms with Gasteiger partial charge in [-0.2, -0.15) is 0 Å². The highest BCUT2D eigenvalue weighted by molar-refractivity contribution is 6.25. The van der Waals surface area contributed by atoms with Crippen LogP contribution in [0.5, 0.6) is 5.75 Å². The monoisotopic (exact) mass is 229 g/mol. The van der Waals surface area contributed by atoms with Gasteiger partial charge in [-0.1, -0.05) is 11.6 Å². The van der Waals surface area contributed by atoms with E-state index in [0.717, 1.165) is 5.57 Å². The van der Waals surface area contributed by atoms with Crippen LogP contribution in [-0.4, -0.2) is 6.61 Å². The van der Waals surface area contributed by atoms with E-state index in [4.69, 9.17) is 22.1 Å². The van der Waals surface area contributed by atoms with Crippen molar-refractivity contribution in [2.45, 2.75) is 13.5 Å². The van der Waals surface area contributed by atoms with E-state index in [1.165, 1.54) is 17.7 Å². The Morgan fingerprint density at radius 1 is 1.53 bits per heavy atom. The van der Waals surface area contributed by atoms with Crippen molar-refractivity contribution in [3.63, 3.8) is 0 Å². The summed E-state index contributed by atoms with van der Waals surface area (Å²) in [6, 6.07) is 4.42. The van der Waals surface area contributed by atoms with Crippen LogP contribution in [0.1, 0.15) is 12.5 Å². The summed E-state index contributed by atoms with van der Waals surface area (Å²) < 4.78 is 18.4. The van der Waals surface area contributed by atoms with Gasteiger partial charge in [-0.3, -0.25) is 0 Å². The zero-order valence-corrected chi connectivity index (χ0v) is 9.22. The fourth-order valence-electron chi connectivity index (χ4n) is 1.05. The van der Waals surface area contributed by atoms with Crippen LogP contribution in [0.2, 0.25) is 0 Å². The van der Waals surface area contributed by atoms with Gasteiger partial charge in [-0.25, -0.2) is 4.39 Å². The maximum absolute atomic E-state index is 13.0. The smallest absolute Gasteiger partial charge is 0.127 e. The van der Waals surface area contributed by atoms with Gasteiger partial charge in [0.2, 0.25) is 0 Å². The Balaban J connectivity index is 2.72. The summed E-state index contributed by atoms with van der Waals surface area (Å²) in [7, 11) is 0. The van der Waals surface area contributed by atoms with Crippen LogP contribution < -0.4 is 10.5 Å². The maximum Gasteiger partial charge on any atom is 0.127 e. The normalized spacial score (nSPS) is 11.6. The van der Waals surface area contributed by atoms with E-state index in [1.54, 1.807) is 6.07 Å². The Morgan fingerprint density at radius 2 is 2.27 bits per heavy atom. The lowest BCUT2D eigenvalue weighted by molar-refractivity contribution is 0.350. The second kappa shape index (κ2) is 5.73. The highest BCUT2D eigenvalue weighted by Crippen LogP contribution is 2.16. The Hall–Kier alpha value is -1.06. The van der Waals surface area contributed by atoms with Gasteiger partial charge in [0.1, 0.15) is 18.2 Å². The Labute approximate surface area is 93.5 Å². The molecule has 2 nitrogen and oxygen atoms in total. The van der Waals surface area contributed by atoms with Crippen LogP contribution in [-0.2, 0) is 6.54 Å². The summed E-state index contributed by atoms with van der Waals surface area (Å²) in [5.41, 5.74) is 8.43. The number of rotatable bonds is 4. The second-order valence-corrected chi connectivity index (χ2v) is 3.46. The van der Waals surface area contributed by atoms with E-state index in [1.807, 2.05) is 6.92 Å². The van der Waals surface area contributed by atoms with E-state index < -0.39 is 0 Å². The minimum atomic E-state index is -0.347. The Bertz CT molecular complexity index is 366. The first-order chi connectivity index (χ1) is 7.15. The molecule has 4 heteroatoms. The van der Waals surface area contributed by atoms with Crippen molar-refractivity contribution in [1.29, 1.82) is 0 Å². The Morgan fingerprint density at radius 3 is 2.87 bits per heavy atom. The summed E-state index contributed by atoms with van der Waals surface area (Å²) in [5.74, 6) is 0.119. The number of hydrogen-bond acceptors (Lipinski definition) is 2. The van der Waals surface area contributed by atoms with Crippen LogP contribution >= 0.6 is 11.6 Å². The summed E-state index contributed by atoms with van der Waals surface area (Å²) in [5, 5.41) is 0. The lowest BCUT2D eigenvalue weighted by Gasteiger charge is -2.07. The van der Waals surface area contributed by atoms with Gasteiger partial charge >= 0.3 is 0 Å². The fourth-order valence-corrected chi connectivity index (χ4v) is 1.11. The minimum Gasteiger partial charge on any atom is -0.489 e. The van der Waals surface area contributed by atoms with Gasteiger partial charge in [0.05, 0.1) is 0 Å². The van der Waals surface area contributed by atoms with Gasteiger partial charge in [-0.05, 0) is 30.2 Å². The van der Waals surface area contributed by atoms with E-state index in [0.29, 0.717) is 24.5 Å². The molecule has 0 unspecified atom stereocenters. The van der Waals surface area contributed by atoms with Crippen molar-refractivity contribution in [2.24, 2.45) is 5.73 Å². The first-order valence-corrected chi connectivity index (χ1v) is 4.97. The first-order valence-electron chi connectivity index (χ1n) is 4.54. The lowest BCUT2D eigenvalue weighted by atomic mass is 10.2. The van der Waals surface area contributed by atoms with E-state index in [-0.39, 0.29) is 5.82 Å². The topological polar surface area (TPSA) is 35.2 Å². The summed E-state index contributed by atoms with van der Waals surface area (Å²) >= 11 is 5.47. The quantitative estimate of drug-likeness (QED) is 0.862. The van der Waals surface area contributed by atoms with Crippen molar-refractivity contribution in [1.82, 2.24) is 0 Å². The van der Waals surface area contributed by atoms with Gasteiger partial charge < -0.3 is 10.5 Å². The zero-order valence-electron chi connectivity index (χ0n) is 8.47. The molecule has 2 N–H and O–H groups in total. The number of benzene rings is 1. The standard InChI is InChI=1S/C11H13ClFNO/c1-8(5-12)7-15-11-3-9(6-14)2-10(13)4-11/h2-5H,6-7,14H2,1H3/b8-5-. The summed E-state index contributed by atoms with van der Waals surface area (Å²) in [4.78, 5) is 0. The molecule has 0 aliphatic heterocycles. The average Bonchev–Trinajstić information content (AvgIpc) is 2.25. The molecular formula is C11H13ClFNO. The molecule has 0 spiro atoms. The molecule has 0 heterocycles. The first kappa shape index (κ1) is 12.0. The lowest BCUT2D eigenvalue weighted by Crippen LogP contribution is -2.01. The molecule has 0 saturated heterocycles. The second-order valence-electron chi connectivity index (χ2n) is 3.24. The predicted octanol–water partition coefficient (Wildman–Crippen LogP) is 2.81. The molecule has 0 bridgehead atoms. The van der Waals surface area contributed by atoms with Crippen LogP contribution in [0.4, 0.5) is 4.39 Å². The van der Waals surface area contributed by atoms with Crippen LogP contribution in [0.3, 0.4) is 0 Å². The summed E-state index contributed by atoms with van der Waals surface area (Å²) in [6.45, 7) is 2.46. The van der Waals surface area contributed by atoms with Crippen molar-refractivity contribution >= 4 is 11.6 Å². The molecule has 0 amide bonds. The SMILES string of the molecule is C/C(=C/Cl)COc1cc(F)cc(CN)c1. The third kappa shape index (κ3) is 3.90. The molecule has 0 aliphatic carbocycles. The van der Waals surface area contributed by atoms with Crippen LogP contribution in [0.25, 0.3) is 0 Å². The molecule has 1 aromatic carbocycles. The molecule has 0 atom stereocenters. The molecule has 1 aromatic rings. The molecule has 15 heavy (non-hydrogen) atoms. The third-order valence-corrected chi connectivity index (χ3v) is 2.19. The summed E-state index contributed by atoms with van der Waals surface area (Å²) in [6.07, 6.45) is 0. The van der Waals surface area contributed by atoms with Crippen molar-refractivity contribution < 1.29 is 9.13 Å². The zero-order chi connectivity index (χ0) is 11.3. The molecular weight excluding hydrogens is 217 g/mol. The molecule has 82 valence electrons. The van der Waals surface area contributed by atoms with Crippen LogP contribution in [0, 0.1) is 5.82 Å². The van der Waals surface area contributed by atoms with Gasteiger partial charge in [0.15, 0.2) is 0 Å². The Kier molecular flexibility index (Phi) is 4.59. The minimum absolute atomic E-state index is 0.290. The number of ether oxygens (including phenoxy) is 1. The van der Waals surface area contributed by atoms with Crippen molar-refractivity contribution in [3.05, 3.63) is 40.7 Å². The largest absolute Gasteiger partial charge is 0.489 e. The van der Waals surface area contributed by atoms with E-state index in [2.05, 4.69) is 0 Å². The van der Waals surface area contributed by atoms with Crippen molar-refractivity contribution in [3.8, 4) is 5.75 Å². The fraction of sp³-hybridized carbons (Fsp3) is 0.273.